The third kappa shape index (κ3) is 2.09. The Balaban J connectivity index is 3.04. The monoisotopic (exact) mass is 228 g/mol. The van der Waals surface area contributed by atoms with E-state index in [0.717, 1.165) is 0 Å². The van der Waals surface area contributed by atoms with Crippen molar-refractivity contribution in [3.8, 4) is 0 Å². The van der Waals surface area contributed by atoms with E-state index < -0.39 is 22.8 Å². The van der Waals surface area contributed by atoms with Crippen molar-refractivity contribution in [2.45, 2.75) is 19.8 Å². The molecule has 0 saturated heterocycles. The molecule has 0 heterocycles. The number of carboxylic acid groups (broad SMARTS) is 2. The molecular formula is C11H16O5. The summed E-state index contributed by atoms with van der Waals surface area (Å²) < 4.78 is 4.91. The van der Waals surface area contributed by atoms with Gasteiger partial charge >= 0.3 is 11.9 Å². The largest absolute Gasteiger partial charge is 0.481 e. The molecule has 1 aliphatic carbocycles. The van der Waals surface area contributed by atoms with E-state index in [-0.39, 0.29) is 13.0 Å². The Morgan fingerprint density at radius 2 is 2.00 bits per heavy atom. The number of carbonyl (C=O) groups is 2. The second-order valence-electron chi connectivity index (χ2n) is 4.52. The van der Waals surface area contributed by atoms with Crippen LogP contribution in [0.15, 0.2) is 12.2 Å². The fraction of sp³-hybridized carbons (Fsp3) is 0.636. The van der Waals surface area contributed by atoms with Crippen molar-refractivity contribution in [1.29, 1.82) is 0 Å². The lowest BCUT2D eigenvalue weighted by Gasteiger charge is -2.37. The van der Waals surface area contributed by atoms with Crippen LogP contribution in [0.25, 0.3) is 0 Å². The van der Waals surface area contributed by atoms with Crippen LogP contribution < -0.4 is 0 Å². The van der Waals surface area contributed by atoms with Gasteiger partial charge in [-0.3, -0.25) is 9.59 Å². The summed E-state index contributed by atoms with van der Waals surface area (Å²) in [5.41, 5.74) is -2.26. The Bertz CT molecular complexity index is 335. The lowest BCUT2D eigenvalue weighted by Crippen LogP contribution is -2.44. The molecule has 1 rings (SSSR count). The zero-order valence-corrected chi connectivity index (χ0v) is 9.40. The van der Waals surface area contributed by atoms with Gasteiger partial charge in [-0.1, -0.05) is 12.2 Å². The number of rotatable bonds is 4. The number of hydrogen-bond acceptors (Lipinski definition) is 3. The summed E-state index contributed by atoms with van der Waals surface area (Å²) in [6.07, 6.45) is 3.53. The van der Waals surface area contributed by atoms with E-state index in [0.29, 0.717) is 6.42 Å². The molecule has 5 nitrogen and oxygen atoms in total. The zero-order valence-electron chi connectivity index (χ0n) is 9.40. The molecule has 2 unspecified atom stereocenters. The summed E-state index contributed by atoms with van der Waals surface area (Å²) in [7, 11) is 1.42. The standard InChI is InChI=1S/C11H16O5/c1-10(8(12)13)4-3-5-11(6-10,7-16-2)9(14)15/h3-4H,5-7H2,1-2H3,(H,12,13)(H,14,15). The number of aliphatic carboxylic acids is 2. The van der Waals surface area contributed by atoms with Crippen LogP contribution in [0.5, 0.6) is 0 Å². The molecule has 90 valence electrons. The average molecular weight is 228 g/mol. The van der Waals surface area contributed by atoms with Crippen molar-refractivity contribution in [1.82, 2.24) is 0 Å². The molecule has 2 N–H and O–H groups in total. The van der Waals surface area contributed by atoms with E-state index in [1.54, 1.807) is 12.2 Å². The fourth-order valence-corrected chi connectivity index (χ4v) is 2.14. The SMILES string of the molecule is COCC1(C(=O)O)CC=CC(C)(C(=O)O)C1. The predicted octanol–water partition coefficient (Wildman–Crippen LogP) is 1.14. The average Bonchev–Trinajstić information content (AvgIpc) is 2.17. The summed E-state index contributed by atoms with van der Waals surface area (Å²) >= 11 is 0. The van der Waals surface area contributed by atoms with Gasteiger partial charge in [0.25, 0.3) is 0 Å². The van der Waals surface area contributed by atoms with Crippen molar-refractivity contribution < 1.29 is 24.5 Å². The Morgan fingerprint density at radius 3 is 2.44 bits per heavy atom. The van der Waals surface area contributed by atoms with Crippen LogP contribution in [-0.4, -0.2) is 35.9 Å². The summed E-state index contributed by atoms with van der Waals surface area (Å²) in [5.74, 6) is -2.02. The number of methoxy groups -OCH3 is 1. The van der Waals surface area contributed by atoms with Crippen LogP contribution in [0.2, 0.25) is 0 Å². The van der Waals surface area contributed by atoms with Crippen LogP contribution in [-0.2, 0) is 14.3 Å². The molecule has 0 fully saturated rings. The van der Waals surface area contributed by atoms with E-state index in [9.17, 15) is 14.7 Å². The second kappa shape index (κ2) is 4.25. The number of allylic oxidation sites excluding steroid dienone is 1. The molecule has 0 spiro atoms. The maximum atomic E-state index is 11.3. The van der Waals surface area contributed by atoms with Crippen LogP contribution in [0.4, 0.5) is 0 Å². The minimum atomic E-state index is -1.13. The van der Waals surface area contributed by atoms with Gasteiger partial charge < -0.3 is 14.9 Å². The topological polar surface area (TPSA) is 83.8 Å². The maximum absolute atomic E-state index is 11.3. The molecular weight excluding hydrogens is 212 g/mol. The molecule has 0 bridgehead atoms. The predicted molar refractivity (Wildman–Crippen MR) is 56.1 cm³/mol. The molecule has 0 radical (unpaired) electrons. The number of hydrogen-bond donors (Lipinski definition) is 2. The zero-order chi connectivity index (χ0) is 12.4. The first kappa shape index (κ1) is 12.7. The van der Waals surface area contributed by atoms with Gasteiger partial charge in [0.2, 0.25) is 0 Å². The first-order valence-corrected chi connectivity index (χ1v) is 5.00. The van der Waals surface area contributed by atoms with E-state index in [2.05, 4.69) is 0 Å². The maximum Gasteiger partial charge on any atom is 0.313 e. The summed E-state index contributed by atoms with van der Waals surface area (Å²) in [6.45, 7) is 1.55. The van der Waals surface area contributed by atoms with Crippen LogP contribution >= 0.6 is 0 Å². The first-order chi connectivity index (χ1) is 7.36. The molecule has 0 aliphatic heterocycles. The second-order valence-corrected chi connectivity index (χ2v) is 4.52. The van der Waals surface area contributed by atoms with Crippen molar-refractivity contribution in [2.24, 2.45) is 10.8 Å². The van der Waals surface area contributed by atoms with Gasteiger partial charge in [-0.05, 0) is 19.8 Å². The highest BCUT2D eigenvalue weighted by molar-refractivity contribution is 5.81. The quantitative estimate of drug-likeness (QED) is 0.705. The van der Waals surface area contributed by atoms with Gasteiger partial charge in [0.05, 0.1) is 17.4 Å². The van der Waals surface area contributed by atoms with Crippen LogP contribution in [0.1, 0.15) is 19.8 Å². The number of ether oxygens (including phenoxy) is 1. The molecule has 0 aromatic rings. The highest BCUT2D eigenvalue weighted by atomic mass is 16.5. The van der Waals surface area contributed by atoms with E-state index >= 15 is 0 Å². The Kier molecular flexibility index (Phi) is 3.38. The van der Waals surface area contributed by atoms with Crippen molar-refractivity contribution >= 4 is 11.9 Å². The van der Waals surface area contributed by atoms with Gasteiger partial charge in [0.1, 0.15) is 0 Å². The lowest BCUT2D eigenvalue weighted by molar-refractivity contribution is -0.159. The molecule has 2 atom stereocenters. The van der Waals surface area contributed by atoms with E-state index in [1.165, 1.54) is 14.0 Å². The third-order valence-corrected chi connectivity index (χ3v) is 3.06. The van der Waals surface area contributed by atoms with Gasteiger partial charge in [-0.25, -0.2) is 0 Å². The van der Waals surface area contributed by atoms with Crippen LogP contribution in [0.3, 0.4) is 0 Å². The minimum Gasteiger partial charge on any atom is -0.481 e. The van der Waals surface area contributed by atoms with Gasteiger partial charge in [-0.15, -0.1) is 0 Å². The molecule has 0 aromatic carbocycles. The highest BCUT2D eigenvalue weighted by Gasteiger charge is 2.48. The molecule has 16 heavy (non-hydrogen) atoms. The Labute approximate surface area is 93.7 Å². The molecule has 0 saturated carbocycles. The normalized spacial score (nSPS) is 33.6. The van der Waals surface area contributed by atoms with Crippen molar-refractivity contribution in [3.63, 3.8) is 0 Å². The highest BCUT2D eigenvalue weighted by Crippen LogP contribution is 2.43. The minimum absolute atomic E-state index is 0.0234. The van der Waals surface area contributed by atoms with Gasteiger partial charge in [0.15, 0.2) is 0 Å². The molecule has 5 heteroatoms. The molecule has 1 aliphatic rings. The van der Waals surface area contributed by atoms with Crippen molar-refractivity contribution in [3.05, 3.63) is 12.2 Å². The first-order valence-electron chi connectivity index (χ1n) is 5.00. The fourth-order valence-electron chi connectivity index (χ4n) is 2.14. The smallest absolute Gasteiger partial charge is 0.313 e. The molecule has 0 aromatic heterocycles. The Hall–Kier alpha value is -1.36. The van der Waals surface area contributed by atoms with Crippen LogP contribution in [0, 0.1) is 10.8 Å². The van der Waals surface area contributed by atoms with Gasteiger partial charge in [-0.2, -0.15) is 0 Å². The van der Waals surface area contributed by atoms with E-state index in [4.69, 9.17) is 9.84 Å². The third-order valence-electron chi connectivity index (χ3n) is 3.06. The molecule has 0 amide bonds. The Morgan fingerprint density at radius 1 is 1.38 bits per heavy atom. The summed E-state index contributed by atoms with van der Waals surface area (Å²) in [4.78, 5) is 22.4. The summed E-state index contributed by atoms with van der Waals surface area (Å²) in [5, 5.41) is 18.3. The lowest BCUT2D eigenvalue weighted by atomic mass is 9.66. The van der Waals surface area contributed by atoms with E-state index in [1.807, 2.05) is 0 Å². The van der Waals surface area contributed by atoms with Crippen molar-refractivity contribution in [2.75, 3.05) is 13.7 Å². The number of carboxylic acids is 2. The van der Waals surface area contributed by atoms with Gasteiger partial charge in [0, 0.05) is 7.11 Å². The summed E-state index contributed by atoms with van der Waals surface area (Å²) in [6, 6.07) is 0.